The lowest BCUT2D eigenvalue weighted by Gasteiger charge is -2.17. The molecule has 2 amide bonds. The number of hydrogen-bond donors (Lipinski definition) is 5. The van der Waals surface area contributed by atoms with Gasteiger partial charge >= 0.3 is 11.9 Å². The van der Waals surface area contributed by atoms with Crippen LogP contribution in [-0.2, 0) is 47.7 Å². The van der Waals surface area contributed by atoms with Crippen molar-refractivity contribution in [2.45, 2.75) is 142 Å². The molecule has 15 heteroatoms. The number of ketones is 2. The Hall–Kier alpha value is -3.40. The fourth-order valence-electron chi connectivity index (χ4n) is 5.52. The lowest BCUT2D eigenvalue weighted by molar-refractivity contribution is -0.140. The fraction of sp³-hybridized carbons (Fsp3) is 0.805. The Balaban J connectivity index is 3.66. The maximum absolute atomic E-state index is 12.2. The van der Waals surface area contributed by atoms with Crippen molar-refractivity contribution in [2.75, 3.05) is 65.9 Å². The molecule has 0 aliphatic carbocycles. The lowest BCUT2D eigenvalue weighted by atomic mass is 10.0. The molecule has 0 rings (SSSR count). The second-order valence-electron chi connectivity index (χ2n) is 14.3. The minimum atomic E-state index is -1.03. The predicted octanol–water partition coefficient (Wildman–Crippen LogP) is 5.13. The summed E-state index contributed by atoms with van der Waals surface area (Å²) in [6, 6.07) is -0.894. The molecule has 0 aromatic rings. The number of rotatable bonds is 42. The number of allylic oxidation sites excluding steroid dienone is 1. The van der Waals surface area contributed by atoms with E-state index in [1.54, 1.807) is 6.92 Å². The van der Waals surface area contributed by atoms with E-state index < -0.39 is 18.0 Å². The summed E-state index contributed by atoms with van der Waals surface area (Å²) in [6.45, 7) is 9.94. The molecule has 0 fully saturated rings. The third-order valence-corrected chi connectivity index (χ3v) is 9.09. The second kappa shape index (κ2) is 37.2. The lowest BCUT2D eigenvalue weighted by Crippen LogP contribution is -2.37. The molecule has 0 heterocycles. The van der Waals surface area contributed by atoms with Gasteiger partial charge in [-0.25, -0.2) is 4.79 Å². The van der Waals surface area contributed by atoms with E-state index in [2.05, 4.69) is 22.5 Å². The van der Waals surface area contributed by atoms with Gasteiger partial charge in [-0.2, -0.15) is 0 Å². The van der Waals surface area contributed by atoms with Gasteiger partial charge in [0.2, 0.25) is 11.8 Å². The van der Waals surface area contributed by atoms with Crippen molar-refractivity contribution < 1.29 is 57.9 Å². The number of carbonyl (C=O) groups excluding carboxylic acids is 4. The number of carboxylic acid groups (broad SMARTS) is 2. The van der Waals surface area contributed by atoms with Gasteiger partial charge < -0.3 is 45.1 Å². The predicted molar refractivity (Wildman–Crippen MR) is 213 cm³/mol. The molecule has 324 valence electrons. The van der Waals surface area contributed by atoms with E-state index in [1.165, 1.54) is 6.42 Å². The molecule has 0 saturated heterocycles. The number of carboxylic acids is 2. The summed E-state index contributed by atoms with van der Waals surface area (Å²) in [5.41, 5.74) is 0.656. The van der Waals surface area contributed by atoms with Gasteiger partial charge in [0.25, 0.3) is 0 Å². The molecule has 0 aromatic carbocycles. The van der Waals surface area contributed by atoms with Gasteiger partial charge in [0, 0.05) is 50.6 Å². The van der Waals surface area contributed by atoms with Gasteiger partial charge in [0.15, 0.2) is 5.78 Å². The zero-order valence-corrected chi connectivity index (χ0v) is 34.3. The van der Waals surface area contributed by atoms with Gasteiger partial charge in [-0.3, -0.25) is 24.0 Å². The van der Waals surface area contributed by atoms with Crippen LogP contribution in [0.4, 0.5) is 0 Å². The Morgan fingerprint density at radius 1 is 0.554 bits per heavy atom. The van der Waals surface area contributed by atoms with Crippen LogP contribution in [0.15, 0.2) is 12.3 Å². The van der Waals surface area contributed by atoms with Crippen LogP contribution in [0, 0.1) is 5.92 Å². The molecular weight excluding hydrogens is 726 g/mol. The SMILES string of the molecule is C=C(CCCCCCCCCCCCC(=O)O)N[C@@H](CCC(=O)NCCOCCOCC(=O)CCCOCCOCC(=O)NCCCC[C@H](C)C(C)=O)C(=O)O. The summed E-state index contributed by atoms with van der Waals surface area (Å²) < 4.78 is 21.5. The van der Waals surface area contributed by atoms with Crippen LogP contribution in [0.1, 0.15) is 136 Å². The van der Waals surface area contributed by atoms with Gasteiger partial charge in [0.1, 0.15) is 25.0 Å². The molecule has 0 bridgehead atoms. The van der Waals surface area contributed by atoms with Crippen molar-refractivity contribution in [3.63, 3.8) is 0 Å². The van der Waals surface area contributed by atoms with E-state index in [0.29, 0.717) is 44.7 Å². The summed E-state index contributed by atoms with van der Waals surface area (Å²) in [6.07, 6.45) is 15.0. The first-order valence-electron chi connectivity index (χ1n) is 20.7. The van der Waals surface area contributed by atoms with E-state index in [9.17, 15) is 33.9 Å². The third-order valence-electron chi connectivity index (χ3n) is 9.09. The zero-order chi connectivity index (χ0) is 41.7. The minimum Gasteiger partial charge on any atom is -0.481 e. The fourth-order valence-corrected chi connectivity index (χ4v) is 5.52. The first-order valence-corrected chi connectivity index (χ1v) is 20.7. The summed E-state index contributed by atoms with van der Waals surface area (Å²) in [7, 11) is 0. The first kappa shape index (κ1) is 52.6. The van der Waals surface area contributed by atoms with Gasteiger partial charge in [-0.15, -0.1) is 0 Å². The Kier molecular flexibility index (Phi) is 34.9. The van der Waals surface area contributed by atoms with Crippen LogP contribution in [0.5, 0.6) is 0 Å². The molecule has 5 N–H and O–H groups in total. The third kappa shape index (κ3) is 36.3. The second-order valence-corrected chi connectivity index (χ2v) is 14.3. The molecule has 0 saturated carbocycles. The van der Waals surface area contributed by atoms with Crippen LogP contribution in [0.2, 0.25) is 0 Å². The van der Waals surface area contributed by atoms with Crippen LogP contribution in [0.3, 0.4) is 0 Å². The topological polar surface area (TPSA) is 216 Å². The first-order chi connectivity index (χ1) is 26.9. The highest BCUT2D eigenvalue weighted by Crippen LogP contribution is 2.14. The average Bonchev–Trinajstić information content (AvgIpc) is 3.15. The van der Waals surface area contributed by atoms with E-state index in [1.807, 2.05) is 6.92 Å². The molecule has 0 radical (unpaired) electrons. The standard InChI is InChI=1S/C41H73N3O12/c1-33(35(3)45)17-14-15-23-42-39(48)32-56-30-27-53-25-16-19-36(46)31-55-29-28-54-26-24-43-38(47)22-21-37(41(51)52)44-34(2)18-12-10-8-6-4-5-7-9-11-13-20-40(49)50/h33,37,44H,2,4-32H2,1,3H3,(H,42,48)(H,43,47)(H,49,50)(H,51,52)/t33-,37-/m0/s1. The van der Waals surface area contributed by atoms with Crippen LogP contribution in [-0.4, -0.2) is 118 Å². The number of nitrogens with one attached hydrogen (secondary N) is 3. The van der Waals surface area contributed by atoms with Crippen molar-refractivity contribution in [1.82, 2.24) is 16.0 Å². The summed E-state index contributed by atoms with van der Waals surface area (Å²) in [5, 5.41) is 26.7. The van der Waals surface area contributed by atoms with Crippen molar-refractivity contribution in [2.24, 2.45) is 5.92 Å². The summed E-state index contributed by atoms with van der Waals surface area (Å²) in [4.78, 5) is 69.5. The Labute approximate surface area is 334 Å². The molecule has 2 atom stereocenters. The molecular formula is C41H73N3O12. The van der Waals surface area contributed by atoms with Crippen molar-refractivity contribution in [1.29, 1.82) is 0 Å². The van der Waals surface area contributed by atoms with E-state index in [4.69, 9.17) is 24.1 Å². The number of carbonyl (C=O) groups is 6. The van der Waals surface area contributed by atoms with Crippen molar-refractivity contribution in [3.05, 3.63) is 12.3 Å². The average molecular weight is 800 g/mol. The molecule has 0 aliphatic heterocycles. The van der Waals surface area contributed by atoms with Gasteiger partial charge in [-0.05, 0) is 51.9 Å². The highest BCUT2D eigenvalue weighted by molar-refractivity contribution is 5.80. The Bertz CT molecular complexity index is 1100. The normalized spacial score (nSPS) is 12.1. The van der Waals surface area contributed by atoms with Gasteiger partial charge in [0.05, 0.1) is 33.0 Å². The quantitative estimate of drug-likeness (QED) is 0.0507. The number of ether oxygens (including phenoxy) is 4. The number of Topliss-reactive ketones (excluding diaryl/α,β-unsaturated/α-hetero) is 2. The Morgan fingerprint density at radius 2 is 1.11 bits per heavy atom. The van der Waals surface area contributed by atoms with Crippen molar-refractivity contribution in [3.8, 4) is 0 Å². The van der Waals surface area contributed by atoms with Crippen LogP contribution >= 0.6 is 0 Å². The van der Waals surface area contributed by atoms with Crippen molar-refractivity contribution >= 4 is 35.3 Å². The zero-order valence-electron chi connectivity index (χ0n) is 34.3. The maximum atomic E-state index is 12.2. The molecule has 0 unspecified atom stereocenters. The number of hydrogen-bond acceptors (Lipinski definition) is 11. The molecule has 0 aliphatic rings. The van der Waals surface area contributed by atoms with E-state index >= 15 is 0 Å². The number of unbranched alkanes of at least 4 members (excludes halogenated alkanes) is 10. The molecule has 0 aromatic heterocycles. The highest BCUT2D eigenvalue weighted by Gasteiger charge is 2.19. The Morgan fingerprint density at radius 3 is 1.71 bits per heavy atom. The molecule has 56 heavy (non-hydrogen) atoms. The van der Waals surface area contributed by atoms with Crippen LogP contribution in [0.25, 0.3) is 0 Å². The molecule has 0 spiro atoms. The molecule has 15 nitrogen and oxygen atoms in total. The smallest absolute Gasteiger partial charge is 0.326 e. The number of amides is 2. The summed E-state index contributed by atoms with van der Waals surface area (Å²) >= 11 is 0. The minimum absolute atomic E-state index is 0.0276. The van der Waals surface area contributed by atoms with Gasteiger partial charge in [-0.1, -0.05) is 71.3 Å². The van der Waals surface area contributed by atoms with E-state index in [-0.39, 0.29) is 94.7 Å². The highest BCUT2D eigenvalue weighted by atomic mass is 16.5. The van der Waals surface area contributed by atoms with Crippen LogP contribution < -0.4 is 16.0 Å². The maximum Gasteiger partial charge on any atom is 0.326 e. The largest absolute Gasteiger partial charge is 0.481 e. The van der Waals surface area contributed by atoms with E-state index in [0.717, 1.165) is 77.0 Å². The number of aliphatic carboxylic acids is 2. The summed E-state index contributed by atoms with van der Waals surface area (Å²) in [5.74, 6) is -2.03. The monoisotopic (exact) mass is 800 g/mol.